The summed E-state index contributed by atoms with van der Waals surface area (Å²) in [6.07, 6.45) is 2.17. The SMILES string of the molecule is CC1CC1c1c(C(=O)N2CCc3c(nn(C)c3-c3cc(F)c(F)c(F)c3)[C@@H]2N)cnn1C. The number of rotatable bonds is 3. The standard InChI is InChI=1S/C22H23F3N6O/c1-10-6-13(10)20-14(9-27-29(20)2)22(32)31-5-4-12-18(21(31)26)28-30(3)19(12)11-7-15(23)17(25)16(24)8-11/h7-10,13,21H,4-6,26H2,1-3H3/t10?,13?,21-/m1/s1. The molecule has 2 N–H and O–H groups in total. The highest BCUT2D eigenvalue weighted by atomic mass is 19.2. The molecule has 7 nitrogen and oxygen atoms in total. The van der Waals surface area contributed by atoms with E-state index in [1.807, 2.05) is 7.05 Å². The first-order chi connectivity index (χ1) is 15.2. The van der Waals surface area contributed by atoms with E-state index in [2.05, 4.69) is 17.1 Å². The summed E-state index contributed by atoms with van der Waals surface area (Å²) in [6, 6.07) is 1.88. The molecule has 1 aliphatic heterocycles. The lowest BCUT2D eigenvalue weighted by Crippen LogP contribution is -2.44. The molecule has 2 unspecified atom stereocenters. The minimum absolute atomic E-state index is 0.168. The third kappa shape index (κ3) is 3.04. The highest BCUT2D eigenvalue weighted by Crippen LogP contribution is 2.48. The summed E-state index contributed by atoms with van der Waals surface area (Å²) in [7, 11) is 3.46. The minimum atomic E-state index is -1.52. The Morgan fingerprint density at radius 2 is 1.81 bits per heavy atom. The number of hydrogen-bond acceptors (Lipinski definition) is 4. The molecular weight excluding hydrogens is 421 g/mol. The molecule has 1 aliphatic carbocycles. The number of hydrogen-bond donors (Lipinski definition) is 1. The second-order valence-corrected chi connectivity index (χ2v) is 8.67. The largest absolute Gasteiger partial charge is 0.317 e. The smallest absolute Gasteiger partial charge is 0.258 e. The number of fused-ring (bicyclic) bond motifs is 1. The molecule has 0 bridgehead atoms. The van der Waals surface area contributed by atoms with Crippen LogP contribution in [0.4, 0.5) is 13.2 Å². The number of aromatic nitrogens is 4. The zero-order chi connectivity index (χ0) is 22.9. The topological polar surface area (TPSA) is 82.0 Å². The fraction of sp³-hybridized carbons (Fsp3) is 0.409. The van der Waals surface area contributed by atoms with Crippen molar-refractivity contribution in [2.24, 2.45) is 25.7 Å². The van der Waals surface area contributed by atoms with Gasteiger partial charge in [0, 0.05) is 37.7 Å². The first-order valence-electron chi connectivity index (χ1n) is 10.5. The van der Waals surface area contributed by atoms with Crippen molar-refractivity contribution >= 4 is 5.91 Å². The van der Waals surface area contributed by atoms with Crippen LogP contribution in [0.25, 0.3) is 11.3 Å². The van der Waals surface area contributed by atoms with E-state index in [-0.39, 0.29) is 11.5 Å². The highest BCUT2D eigenvalue weighted by molar-refractivity contribution is 5.96. The van der Waals surface area contributed by atoms with Crippen molar-refractivity contribution < 1.29 is 18.0 Å². The van der Waals surface area contributed by atoms with Crippen LogP contribution in [0.15, 0.2) is 18.3 Å². The maximum Gasteiger partial charge on any atom is 0.258 e. The zero-order valence-corrected chi connectivity index (χ0v) is 17.9. The van der Waals surface area contributed by atoms with Gasteiger partial charge in [0.25, 0.3) is 5.91 Å². The van der Waals surface area contributed by atoms with Gasteiger partial charge in [-0.25, -0.2) is 13.2 Å². The fourth-order valence-electron chi connectivity index (χ4n) is 4.78. The van der Waals surface area contributed by atoms with Gasteiger partial charge in [0.05, 0.1) is 23.1 Å². The molecule has 1 saturated carbocycles. The monoisotopic (exact) mass is 444 g/mol. The van der Waals surface area contributed by atoms with E-state index in [0.29, 0.717) is 47.3 Å². The summed E-state index contributed by atoms with van der Waals surface area (Å²) in [5, 5.41) is 8.73. The average Bonchev–Trinajstić information content (AvgIpc) is 3.16. The predicted molar refractivity (Wildman–Crippen MR) is 110 cm³/mol. The predicted octanol–water partition coefficient (Wildman–Crippen LogP) is 3.02. The van der Waals surface area contributed by atoms with Crippen LogP contribution in [0.3, 0.4) is 0 Å². The summed E-state index contributed by atoms with van der Waals surface area (Å²) < 4.78 is 44.3. The van der Waals surface area contributed by atoms with Gasteiger partial charge in [-0.2, -0.15) is 10.2 Å². The van der Waals surface area contributed by atoms with E-state index in [1.165, 1.54) is 4.68 Å². The Morgan fingerprint density at radius 1 is 1.16 bits per heavy atom. The highest BCUT2D eigenvalue weighted by Gasteiger charge is 2.41. The van der Waals surface area contributed by atoms with Crippen LogP contribution < -0.4 is 5.73 Å². The van der Waals surface area contributed by atoms with Gasteiger partial charge in [-0.05, 0) is 30.9 Å². The normalized spacial score (nSPS) is 22.2. The van der Waals surface area contributed by atoms with Crippen molar-refractivity contribution in [3.63, 3.8) is 0 Å². The summed E-state index contributed by atoms with van der Waals surface area (Å²) in [5.41, 5.74) is 9.67. The Hall–Kier alpha value is -3.14. The molecule has 1 amide bonds. The molecule has 1 fully saturated rings. The molecule has 2 aromatic heterocycles. The number of carbonyl (C=O) groups is 1. The van der Waals surface area contributed by atoms with Crippen LogP contribution in [-0.4, -0.2) is 36.9 Å². The third-order valence-corrected chi connectivity index (χ3v) is 6.59. The molecule has 2 aliphatic rings. The van der Waals surface area contributed by atoms with Crippen molar-refractivity contribution in [1.82, 2.24) is 24.5 Å². The molecule has 3 atom stereocenters. The lowest BCUT2D eigenvalue weighted by Gasteiger charge is -2.32. The van der Waals surface area contributed by atoms with E-state index >= 15 is 0 Å². The van der Waals surface area contributed by atoms with Gasteiger partial charge in [0.2, 0.25) is 0 Å². The maximum absolute atomic E-state index is 13.8. The number of aryl methyl sites for hydroxylation is 2. The minimum Gasteiger partial charge on any atom is -0.317 e. The van der Waals surface area contributed by atoms with Crippen LogP contribution in [0, 0.1) is 23.4 Å². The van der Waals surface area contributed by atoms with Crippen LogP contribution in [0.5, 0.6) is 0 Å². The molecule has 32 heavy (non-hydrogen) atoms. The Labute approximate surface area is 182 Å². The van der Waals surface area contributed by atoms with Gasteiger partial charge in [-0.15, -0.1) is 0 Å². The Bertz CT molecular complexity index is 1230. The van der Waals surface area contributed by atoms with Crippen LogP contribution in [0.1, 0.15) is 52.7 Å². The van der Waals surface area contributed by atoms with Gasteiger partial charge < -0.3 is 10.6 Å². The Morgan fingerprint density at radius 3 is 2.44 bits per heavy atom. The summed E-state index contributed by atoms with van der Waals surface area (Å²) in [4.78, 5) is 15.0. The van der Waals surface area contributed by atoms with Crippen molar-refractivity contribution in [2.45, 2.75) is 31.8 Å². The second kappa shape index (κ2) is 7.19. The molecule has 0 saturated heterocycles. The van der Waals surface area contributed by atoms with Crippen LogP contribution >= 0.6 is 0 Å². The molecule has 3 heterocycles. The molecule has 3 aromatic rings. The number of nitrogens with zero attached hydrogens (tertiary/aromatic N) is 5. The summed E-state index contributed by atoms with van der Waals surface area (Å²) >= 11 is 0. The average molecular weight is 444 g/mol. The maximum atomic E-state index is 13.8. The Balaban J connectivity index is 1.50. The second-order valence-electron chi connectivity index (χ2n) is 8.67. The van der Waals surface area contributed by atoms with Gasteiger partial charge in [-0.3, -0.25) is 14.2 Å². The molecule has 0 radical (unpaired) electrons. The van der Waals surface area contributed by atoms with E-state index < -0.39 is 23.6 Å². The number of carbonyl (C=O) groups excluding carboxylic acids is 1. The van der Waals surface area contributed by atoms with Crippen LogP contribution in [-0.2, 0) is 20.5 Å². The molecule has 1 aromatic carbocycles. The van der Waals surface area contributed by atoms with E-state index in [9.17, 15) is 18.0 Å². The van der Waals surface area contributed by atoms with E-state index in [1.54, 1.807) is 22.8 Å². The zero-order valence-electron chi connectivity index (χ0n) is 17.9. The number of amides is 1. The number of nitrogens with two attached hydrogens (primary N) is 1. The summed E-state index contributed by atoms with van der Waals surface area (Å²) in [6.45, 7) is 2.45. The van der Waals surface area contributed by atoms with Crippen molar-refractivity contribution in [1.29, 1.82) is 0 Å². The molecule has 5 rings (SSSR count). The first kappa shape index (κ1) is 20.7. The van der Waals surface area contributed by atoms with Gasteiger partial charge >= 0.3 is 0 Å². The number of benzene rings is 1. The molecule has 10 heteroatoms. The van der Waals surface area contributed by atoms with Crippen molar-refractivity contribution in [3.05, 3.63) is 58.3 Å². The van der Waals surface area contributed by atoms with E-state index in [4.69, 9.17) is 5.73 Å². The van der Waals surface area contributed by atoms with Gasteiger partial charge in [0.15, 0.2) is 17.5 Å². The quantitative estimate of drug-likeness (QED) is 0.630. The lowest BCUT2D eigenvalue weighted by atomic mass is 9.97. The molecular formula is C22H23F3N6O. The first-order valence-corrected chi connectivity index (χ1v) is 10.5. The molecule has 168 valence electrons. The Kier molecular flexibility index (Phi) is 4.66. The number of halogens is 3. The van der Waals surface area contributed by atoms with Crippen molar-refractivity contribution in [2.75, 3.05) is 6.54 Å². The summed E-state index contributed by atoms with van der Waals surface area (Å²) in [5.74, 6) is -3.46. The molecule has 0 spiro atoms. The van der Waals surface area contributed by atoms with Gasteiger partial charge in [0.1, 0.15) is 11.9 Å². The van der Waals surface area contributed by atoms with Gasteiger partial charge in [-0.1, -0.05) is 6.92 Å². The van der Waals surface area contributed by atoms with Crippen LogP contribution in [0.2, 0.25) is 0 Å². The fourth-order valence-corrected chi connectivity index (χ4v) is 4.78. The third-order valence-electron chi connectivity index (χ3n) is 6.59. The van der Waals surface area contributed by atoms with E-state index in [0.717, 1.165) is 24.2 Å². The lowest BCUT2D eigenvalue weighted by molar-refractivity contribution is 0.0660. The van der Waals surface area contributed by atoms with Crippen molar-refractivity contribution in [3.8, 4) is 11.3 Å².